The first-order chi connectivity index (χ1) is 15.5. The maximum Gasteiger partial charge on any atom is 0.225 e. The van der Waals surface area contributed by atoms with E-state index in [0.717, 1.165) is 48.6 Å². The van der Waals surface area contributed by atoms with Crippen LogP contribution in [0.25, 0.3) is 11.3 Å². The molecule has 0 saturated carbocycles. The molecule has 1 fully saturated rings. The van der Waals surface area contributed by atoms with Gasteiger partial charge >= 0.3 is 0 Å². The van der Waals surface area contributed by atoms with Crippen LogP contribution in [0.5, 0.6) is 5.75 Å². The minimum atomic E-state index is 0.176. The highest BCUT2D eigenvalue weighted by Gasteiger charge is 2.31. The number of nitrogens with zero attached hydrogens (tertiary/aromatic N) is 5. The number of aryl methyl sites for hydroxylation is 1. The Labute approximate surface area is 189 Å². The van der Waals surface area contributed by atoms with Crippen LogP contribution in [0.3, 0.4) is 0 Å². The highest BCUT2D eigenvalue weighted by Crippen LogP contribution is 2.38. The van der Waals surface area contributed by atoms with Crippen molar-refractivity contribution in [3.05, 3.63) is 53.5 Å². The lowest BCUT2D eigenvalue weighted by Crippen LogP contribution is -2.25. The molecule has 1 atom stereocenters. The van der Waals surface area contributed by atoms with Crippen molar-refractivity contribution in [2.75, 3.05) is 45.9 Å². The number of aromatic nitrogens is 3. The van der Waals surface area contributed by atoms with Crippen molar-refractivity contribution >= 4 is 5.95 Å². The number of ether oxygens (including phenoxy) is 2. The standard InChI is InChI=1S/C24H31N5O3/c1-17-13-22(32-27-17)20-15-25-24(28(2)3)26-23(20)21-9-6-10-29(21)16-18-7-5-8-19(14-18)31-12-11-30-4/h5,7-8,13-15,21H,6,9-12,16H2,1-4H3. The van der Waals surface area contributed by atoms with Crippen LogP contribution in [-0.4, -0.2) is 61.0 Å². The van der Waals surface area contributed by atoms with Gasteiger partial charge in [-0.15, -0.1) is 0 Å². The molecule has 1 aliphatic rings. The third-order valence-corrected chi connectivity index (χ3v) is 5.62. The average Bonchev–Trinajstić information content (AvgIpc) is 3.42. The quantitative estimate of drug-likeness (QED) is 0.467. The van der Waals surface area contributed by atoms with Crippen LogP contribution in [0.15, 0.2) is 41.1 Å². The van der Waals surface area contributed by atoms with Crippen LogP contribution in [0.1, 0.15) is 35.8 Å². The van der Waals surface area contributed by atoms with Gasteiger partial charge in [-0.3, -0.25) is 4.90 Å². The average molecular weight is 438 g/mol. The summed E-state index contributed by atoms with van der Waals surface area (Å²) in [5, 5.41) is 4.07. The number of rotatable bonds is 9. The normalized spacial score (nSPS) is 16.4. The lowest BCUT2D eigenvalue weighted by atomic mass is 10.0. The highest BCUT2D eigenvalue weighted by atomic mass is 16.5. The molecule has 2 aromatic heterocycles. The smallest absolute Gasteiger partial charge is 0.225 e. The number of anilines is 1. The van der Waals surface area contributed by atoms with Crippen LogP contribution < -0.4 is 9.64 Å². The van der Waals surface area contributed by atoms with Crippen LogP contribution in [0.4, 0.5) is 5.95 Å². The summed E-state index contributed by atoms with van der Waals surface area (Å²) in [5.74, 6) is 2.27. The Morgan fingerprint density at radius 1 is 1.22 bits per heavy atom. The number of methoxy groups -OCH3 is 1. The molecule has 1 unspecified atom stereocenters. The number of hydrogen-bond donors (Lipinski definition) is 0. The van der Waals surface area contributed by atoms with Crippen LogP contribution >= 0.6 is 0 Å². The fourth-order valence-electron chi connectivity index (χ4n) is 4.07. The van der Waals surface area contributed by atoms with E-state index >= 15 is 0 Å². The third kappa shape index (κ3) is 5.08. The number of likely N-dealkylation sites (tertiary alicyclic amines) is 1. The second-order valence-electron chi connectivity index (χ2n) is 8.31. The molecule has 0 N–H and O–H groups in total. The van der Waals surface area contributed by atoms with Crippen molar-refractivity contribution in [3.63, 3.8) is 0 Å². The Morgan fingerprint density at radius 2 is 2.09 bits per heavy atom. The van der Waals surface area contributed by atoms with Crippen molar-refractivity contribution in [1.29, 1.82) is 0 Å². The Kier molecular flexibility index (Phi) is 7.02. The van der Waals surface area contributed by atoms with Crippen molar-refractivity contribution in [1.82, 2.24) is 20.0 Å². The molecule has 1 saturated heterocycles. The summed E-state index contributed by atoms with van der Waals surface area (Å²) < 4.78 is 16.5. The minimum Gasteiger partial charge on any atom is -0.491 e. The van der Waals surface area contributed by atoms with Crippen molar-refractivity contribution in [2.24, 2.45) is 0 Å². The van der Waals surface area contributed by atoms with Crippen molar-refractivity contribution < 1.29 is 14.0 Å². The molecule has 32 heavy (non-hydrogen) atoms. The molecule has 170 valence electrons. The maximum absolute atomic E-state index is 5.80. The molecule has 0 bridgehead atoms. The molecule has 4 rings (SSSR count). The summed E-state index contributed by atoms with van der Waals surface area (Å²) in [6.45, 7) is 4.87. The number of benzene rings is 1. The summed E-state index contributed by atoms with van der Waals surface area (Å²) in [6.07, 6.45) is 4.01. The van der Waals surface area contributed by atoms with Crippen molar-refractivity contribution in [3.8, 4) is 17.1 Å². The third-order valence-electron chi connectivity index (χ3n) is 5.62. The van der Waals surface area contributed by atoms with Gasteiger partial charge in [0, 0.05) is 40.0 Å². The van der Waals surface area contributed by atoms with E-state index in [1.165, 1.54) is 5.56 Å². The molecule has 0 amide bonds. The zero-order valence-corrected chi connectivity index (χ0v) is 19.2. The summed E-state index contributed by atoms with van der Waals surface area (Å²) in [4.78, 5) is 13.9. The van der Waals surface area contributed by atoms with Crippen LogP contribution in [0.2, 0.25) is 0 Å². The molecule has 3 heterocycles. The number of hydrogen-bond acceptors (Lipinski definition) is 8. The van der Waals surface area contributed by atoms with E-state index < -0.39 is 0 Å². The molecule has 1 aliphatic heterocycles. The van der Waals surface area contributed by atoms with E-state index in [1.807, 2.05) is 50.3 Å². The summed E-state index contributed by atoms with van der Waals surface area (Å²) in [7, 11) is 5.59. The van der Waals surface area contributed by atoms with Gasteiger partial charge in [-0.25, -0.2) is 9.97 Å². The molecule has 0 radical (unpaired) electrons. The first-order valence-electron chi connectivity index (χ1n) is 11.0. The Bertz CT molecular complexity index is 1040. The van der Waals surface area contributed by atoms with Crippen LogP contribution in [-0.2, 0) is 11.3 Å². The summed E-state index contributed by atoms with van der Waals surface area (Å²) in [5.41, 5.74) is 3.96. The minimum absolute atomic E-state index is 0.176. The summed E-state index contributed by atoms with van der Waals surface area (Å²) in [6, 6.07) is 10.4. The van der Waals surface area contributed by atoms with Gasteiger partial charge in [0.05, 0.1) is 29.6 Å². The van der Waals surface area contributed by atoms with Gasteiger partial charge in [-0.2, -0.15) is 0 Å². The van der Waals surface area contributed by atoms with Gasteiger partial charge in [0.1, 0.15) is 12.4 Å². The molecule has 0 aliphatic carbocycles. The molecule has 1 aromatic carbocycles. The predicted molar refractivity (Wildman–Crippen MR) is 123 cm³/mol. The second-order valence-corrected chi connectivity index (χ2v) is 8.31. The first kappa shape index (κ1) is 22.2. The zero-order chi connectivity index (χ0) is 22.5. The van der Waals surface area contributed by atoms with Gasteiger partial charge in [-0.05, 0) is 44.0 Å². The monoisotopic (exact) mass is 437 g/mol. The lowest BCUT2D eigenvalue weighted by molar-refractivity contribution is 0.146. The van der Waals surface area contributed by atoms with E-state index in [1.54, 1.807) is 7.11 Å². The Hall–Kier alpha value is -2.97. The summed E-state index contributed by atoms with van der Waals surface area (Å²) >= 11 is 0. The molecule has 0 spiro atoms. The SMILES string of the molecule is COCCOc1cccc(CN2CCCC2c2nc(N(C)C)ncc2-c2cc(C)no2)c1. The first-order valence-corrected chi connectivity index (χ1v) is 11.0. The van der Waals surface area contributed by atoms with Gasteiger partial charge in [0.15, 0.2) is 5.76 Å². The molecule has 3 aromatic rings. The van der Waals surface area contributed by atoms with Gasteiger partial charge in [0.25, 0.3) is 0 Å². The fourth-order valence-corrected chi connectivity index (χ4v) is 4.07. The van der Waals surface area contributed by atoms with E-state index in [2.05, 4.69) is 27.2 Å². The maximum atomic E-state index is 5.80. The zero-order valence-electron chi connectivity index (χ0n) is 19.2. The molecule has 8 heteroatoms. The van der Waals surface area contributed by atoms with E-state index in [4.69, 9.17) is 19.0 Å². The largest absolute Gasteiger partial charge is 0.491 e. The van der Waals surface area contributed by atoms with Crippen LogP contribution in [0, 0.1) is 6.92 Å². The Morgan fingerprint density at radius 3 is 2.84 bits per heavy atom. The van der Waals surface area contributed by atoms with Gasteiger partial charge < -0.3 is 18.9 Å². The molecular formula is C24H31N5O3. The predicted octanol–water partition coefficient (Wildman–Crippen LogP) is 3.87. The topological polar surface area (TPSA) is 76.8 Å². The molecular weight excluding hydrogens is 406 g/mol. The Balaban J connectivity index is 1.60. The van der Waals surface area contributed by atoms with E-state index in [-0.39, 0.29) is 6.04 Å². The second kappa shape index (κ2) is 10.1. The molecule has 8 nitrogen and oxygen atoms in total. The van der Waals surface area contributed by atoms with Crippen molar-refractivity contribution in [2.45, 2.75) is 32.4 Å². The van der Waals surface area contributed by atoms with Gasteiger partial charge in [0.2, 0.25) is 5.95 Å². The lowest BCUT2D eigenvalue weighted by Gasteiger charge is -2.26. The van der Waals surface area contributed by atoms with E-state index in [9.17, 15) is 0 Å². The highest BCUT2D eigenvalue weighted by molar-refractivity contribution is 5.61. The van der Waals surface area contributed by atoms with E-state index in [0.29, 0.717) is 24.9 Å². The fraction of sp³-hybridized carbons (Fsp3) is 0.458. The van der Waals surface area contributed by atoms with Gasteiger partial charge in [-0.1, -0.05) is 17.3 Å².